The zero-order valence-electron chi connectivity index (χ0n) is 10.3. The van der Waals surface area contributed by atoms with Crippen LogP contribution in [0, 0.1) is 5.92 Å². The minimum absolute atomic E-state index is 0.148. The molecule has 0 atom stereocenters. The monoisotopic (exact) mass is 277 g/mol. The summed E-state index contributed by atoms with van der Waals surface area (Å²) in [5.41, 5.74) is 4.85. The topological polar surface area (TPSA) is 106 Å². The first kappa shape index (κ1) is 12.3. The van der Waals surface area contributed by atoms with E-state index < -0.39 is 23.6 Å². The van der Waals surface area contributed by atoms with Crippen LogP contribution in [-0.4, -0.2) is 24.5 Å². The number of rotatable bonds is 3. The summed E-state index contributed by atoms with van der Waals surface area (Å²) in [5, 5.41) is 2.61. The van der Waals surface area contributed by atoms with Crippen molar-refractivity contribution in [3.63, 3.8) is 0 Å². The Morgan fingerprint density at radius 3 is 2.65 bits per heavy atom. The Bertz CT molecular complexity index is 585. The molecular formula is C12H11N3O5. The van der Waals surface area contributed by atoms with Crippen molar-refractivity contribution >= 4 is 23.4 Å². The number of carbonyl (C=O) groups is 3. The van der Waals surface area contributed by atoms with Gasteiger partial charge in [-0.25, -0.2) is 0 Å². The predicted octanol–water partition coefficient (Wildman–Crippen LogP) is -0.479. The Balaban J connectivity index is 1.64. The normalized spacial score (nSPS) is 16.8. The Hall–Kier alpha value is -2.77. The zero-order valence-corrected chi connectivity index (χ0v) is 10.3. The first-order valence-corrected chi connectivity index (χ1v) is 5.93. The molecule has 3 amide bonds. The van der Waals surface area contributed by atoms with Crippen LogP contribution >= 0.6 is 0 Å². The van der Waals surface area contributed by atoms with Crippen molar-refractivity contribution in [3.05, 3.63) is 18.2 Å². The highest BCUT2D eigenvalue weighted by atomic mass is 16.7. The van der Waals surface area contributed by atoms with Gasteiger partial charge in [0.25, 0.3) is 11.8 Å². The second kappa shape index (κ2) is 4.72. The van der Waals surface area contributed by atoms with Crippen molar-refractivity contribution in [3.8, 4) is 11.5 Å². The molecule has 1 aromatic carbocycles. The maximum atomic E-state index is 11.8. The minimum atomic E-state index is -0.996. The van der Waals surface area contributed by atoms with Gasteiger partial charge in [-0.05, 0) is 12.1 Å². The van der Waals surface area contributed by atoms with E-state index in [1.54, 1.807) is 18.2 Å². The molecule has 20 heavy (non-hydrogen) atoms. The molecule has 0 radical (unpaired) electrons. The van der Waals surface area contributed by atoms with E-state index in [4.69, 9.17) is 9.47 Å². The van der Waals surface area contributed by atoms with Gasteiger partial charge in [0.15, 0.2) is 11.5 Å². The smallest absolute Gasteiger partial charge is 0.251 e. The van der Waals surface area contributed by atoms with Crippen molar-refractivity contribution in [2.75, 3.05) is 12.1 Å². The second-order valence-corrected chi connectivity index (χ2v) is 4.35. The molecule has 0 spiro atoms. The van der Waals surface area contributed by atoms with Crippen molar-refractivity contribution in [1.29, 1.82) is 0 Å². The van der Waals surface area contributed by atoms with Gasteiger partial charge in [0.2, 0.25) is 12.7 Å². The summed E-state index contributed by atoms with van der Waals surface area (Å²) in [6.07, 6.45) is -0.216. The lowest BCUT2D eigenvalue weighted by Gasteiger charge is -2.07. The van der Waals surface area contributed by atoms with Gasteiger partial charge in [-0.2, -0.15) is 0 Å². The van der Waals surface area contributed by atoms with Gasteiger partial charge >= 0.3 is 0 Å². The number of hydrazine groups is 1. The number of anilines is 1. The molecule has 3 N–H and O–H groups in total. The molecule has 1 saturated heterocycles. The lowest BCUT2D eigenvalue weighted by molar-refractivity contribution is -0.131. The molecule has 8 nitrogen and oxygen atoms in total. The summed E-state index contributed by atoms with van der Waals surface area (Å²) in [7, 11) is 0. The average Bonchev–Trinajstić information content (AvgIpc) is 3.00. The van der Waals surface area contributed by atoms with Crippen molar-refractivity contribution in [2.24, 2.45) is 5.92 Å². The molecule has 104 valence electrons. The van der Waals surface area contributed by atoms with Crippen molar-refractivity contribution in [1.82, 2.24) is 10.9 Å². The number of nitrogens with one attached hydrogen (secondary N) is 3. The van der Waals surface area contributed by atoms with Gasteiger partial charge in [-0.15, -0.1) is 0 Å². The van der Waals surface area contributed by atoms with E-state index >= 15 is 0 Å². The number of benzene rings is 1. The van der Waals surface area contributed by atoms with Gasteiger partial charge in [0, 0.05) is 18.2 Å². The van der Waals surface area contributed by atoms with E-state index in [1.807, 2.05) is 0 Å². The fourth-order valence-electron chi connectivity index (χ4n) is 1.97. The standard InChI is InChI=1S/C12H11N3O5/c16-10(4-7-11(17)14-15-12(7)18)13-6-1-2-8-9(3-6)20-5-19-8/h1-3,7H,4-5H2,(H,13,16)(H,14,17)(H,15,18). The summed E-state index contributed by atoms with van der Waals surface area (Å²) < 4.78 is 10.3. The number of carbonyl (C=O) groups excluding carboxylic acids is 3. The van der Waals surface area contributed by atoms with E-state index in [-0.39, 0.29) is 13.2 Å². The van der Waals surface area contributed by atoms with Gasteiger partial charge in [-0.3, -0.25) is 25.2 Å². The summed E-state index contributed by atoms with van der Waals surface area (Å²) >= 11 is 0. The second-order valence-electron chi connectivity index (χ2n) is 4.35. The molecule has 0 bridgehead atoms. The highest BCUT2D eigenvalue weighted by Crippen LogP contribution is 2.34. The maximum Gasteiger partial charge on any atom is 0.251 e. The molecule has 1 aromatic rings. The molecule has 0 aliphatic carbocycles. The van der Waals surface area contributed by atoms with Crippen molar-refractivity contribution in [2.45, 2.75) is 6.42 Å². The number of hydrogen-bond donors (Lipinski definition) is 3. The third-order valence-electron chi connectivity index (χ3n) is 2.99. The number of fused-ring (bicyclic) bond motifs is 1. The fraction of sp³-hybridized carbons (Fsp3) is 0.250. The summed E-state index contributed by atoms with van der Waals surface area (Å²) in [5.74, 6) is -1.28. The van der Waals surface area contributed by atoms with Crippen LogP contribution in [0.5, 0.6) is 11.5 Å². The van der Waals surface area contributed by atoms with E-state index in [2.05, 4.69) is 16.2 Å². The SMILES string of the molecule is O=C(CC1C(=O)NNC1=O)Nc1ccc2c(c1)OCO2. The van der Waals surface area contributed by atoms with Gasteiger partial charge in [0.1, 0.15) is 5.92 Å². The zero-order chi connectivity index (χ0) is 14.1. The predicted molar refractivity (Wildman–Crippen MR) is 65.6 cm³/mol. The quantitative estimate of drug-likeness (QED) is 0.647. The third kappa shape index (κ3) is 2.22. The van der Waals surface area contributed by atoms with E-state index in [9.17, 15) is 14.4 Å². The Labute approximate surface area is 113 Å². The molecule has 0 saturated carbocycles. The largest absolute Gasteiger partial charge is 0.454 e. The fourth-order valence-corrected chi connectivity index (χ4v) is 1.97. The van der Waals surface area contributed by atoms with Crippen molar-refractivity contribution < 1.29 is 23.9 Å². The Morgan fingerprint density at radius 1 is 1.20 bits per heavy atom. The van der Waals surface area contributed by atoms with E-state index in [0.29, 0.717) is 17.2 Å². The lowest BCUT2D eigenvalue weighted by Crippen LogP contribution is -2.28. The average molecular weight is 277 g/mol. The molecule has 0 aromatic heterocycles. The molecule has 2 heterocycles. The highest BCUT2D eigenvalue weighted by molar-refractivity contribution is 6.08. The number of hydrogen-bond acceptors (Lipinski definition) is 5. The molecule has 2 aliphatic heterocycles. The highest BCUT2D eigenvalue weighted by Gasteiger charge is 2.34. The first-order chi connectivity index (χ1) is 9.63. The molecule has 0 unspecified atom stereocenters. The Kier molecular flexibility index (Phi) is 2.90. The molecular weight excluding hydrogens is 266 g/mol. The molecule has 8 heteroatoms. The maximum absolute atomic E-state index is 11.8. The van der Waals surface area contributed by atoms with Gasteiger partial charge < -0.3 is 14.8 Å². The van der Waals surface area contributed by atoms with Crippen LogP contribution in [-0.2, 0) is 14.4 Å². The van der Waals surface area contributed by atoms with Crippen LogP contribution in [0.4, 0.5) is 5.69 Å². The number of amides is 3. The van der Waals surface area contributed by atoms with Crippen LogP contribution in [0.2, 0.25) is 0 Å². The molecule has 2 aliphatic rings. The number of ether oxygens (including phenoxy) is 2. The summed E-state index contributed by atoms with van der Waals surface area (Å²) in [6, 6.07) is 4.95. The molecule has 3 rings (SSSR count). The minimum Gasteiger partial charge on any atom is -0.454 e. The Morgan fingerprint density at radius 2 is 1.90 bits per heavy atom. The van der Waals surface area contributed by atoms with Gasteiger partial charge in [-0.1, -0.05) is 0 Å². The molecule has 1 fully saturated rings. The summed E-state index contributed by atoms with van der Waals surface area (Å²) in [4.78, 5) is 34.4. The van der Waals surface area contributed by atoms with Crippen LogP contribution in [0.25, 0.3) is 0 Å². The third-order valence-corrected chi connectivity index (χ3v) is 2.99. The van der Waals surface area contributed by atoms with Crippen LogP contribution in [0.3, 0.4) is 0 Å². The van der Waals surface area contributed by atoms with Crippen LogP contribution < -0.4 is 25.6 Å². The first-order valence-electron chi connectivity index (χ1n) is 5.93. The van der Waals surface area contributed by atoms with Crippen LogP contribution in [0.15, 0.2) is 18.2 Å². The summed E-state index contributed by atoms with van der Waals surface area (Å²) in [6.45, 7) is 0.148. The van der Waals surface area contributed by atoms with E-state index in [0.717, 1.165) is 0 Å². The lowest BCUT2D eigenvalue weighted by atomic mass is 10.1. The van der Waals surface area contributed by atoms with Crippen LogP contribution in [0.1, 0.15) is 6.42 Å². The van der Waals surface area contributed by atoms with Gasteiger partial charge in [0.05, 0.1) is 0 Å². The van der Waals surface area contributed by atoms with E-state index in [1.165, 1.54) is 0 Å².